The summed E-state index contributed by atoms with van der Waals surface area (Å²) in [7, 11) is 0. The Bertz CT molecular complexity index is 567. The van der Waals surface area contributed by atoms with Gasteiger partial charge in [-0.15, -0.1) is 0 Å². The molecule has 1 unspecified atom stereocenters. The van der Waals surface area contributed by atoms with E-state index in [1.807, 2.05) is 30.3 Å². The minimum atomic E-state index is -1.11. The molecule has 0 saturated carbocycles. The summed E-state index contributed by atoms with van der Waals surface area (Å²) in [6.45, 7) is 1.55. The zero-order valence-corrected chi connectivity index (χ0v) is 12.0. The molecule has 0 amide bonds. The summed E-state index contributed by atoms with van der Waals surface area (Å²) in [6, 6.07) is 14.5. The van der Waals surface area contributed by atoms with Crippen molar-refractivity contribution in [3.05, 3.63) is 64.7 Å². The Morgan fingerprint density at radius 1 is 1.10 bits per heavy atom. The zero-order chi connectivity index (χ0) is 14.6. The zero-order valence-electron chi connectivity index (χ0n) is 11.2. The SMILES string of the molecule is CC(O)(COc1cccc(Cl)c1CO)c1ccccc1. The highest BCUT2D eigenvalue weighted by Crippen LogP contribution is 2.28. The third kappa shape index (κ3) is 3.31. The van der Waals surface area contributed by atoms with Crippen LogP contribution in [0.1, 0.15) is 18.1 Å². The summed E-state index contributed by atoms with van der Waals surface area (Å²) in [6.07, 6.45) is 0. The number of aliphatic hydroxyl groups excluding tert-OH is 1. The first-order chi connectivity index (χ1) is 9.54. The Hall–Kier alpha value is -1.55. The van der Waals surface area contributed by atoms with E-state index in [0.29, 0.717) is 16.3 Å². The number of aliphatic hydroxyl groups is 2. The second-order valence-corrected chi connectivity index (χ2v) is 5.21. The maximum atomic E-state index is 10.5. The highest BCUT2D eigenvalue weighted by atomic mass is 35.5. The minimum Gasteiger partial charge on any atom is -0.490 e. The summed E-state index contributed by atoms with van der Waals surface area (Å²) in [5, 5.41) is 20.2. The summed E-state index contributed by atoms with van der Waals surface area (Å²) in [5.74, 6) is 0.483. The van der Waals surface area contributed by atoms with Crippen LogP contribution in [-0.4, -0.2) is 16.8 Å². The van der Waals surface area contributed by atoms with Crippen molar-refractivity contribution in [2.45, 2.75) is 19.1 Å². The van der Waals surface area contributed by atoms with Gasteiger partial charge in [0.2, 0.25) is 0 Å². The monoisotopic (exact) mass is 292 g/mol. The normalized spacial score (nSPS) is 13.8. The maximum absolute atomic E-state index is 10.5. The van der Waals surface area contributed by atoms with Crippen LogP contribution in [0.4, 0.5) is 0 Å². The van der Waals surface area contributed by atoms with Crippen LogP contribution in [0.5, 0.6) is 5.75 Å². The number of halogens is 1. The molecule has 20 heavy (non-hydrogen) atoms. The van der Waals surface area contributed by atoms with Gasteiger partial charge in [-0.1, -0.05) is 48.0 Å². The molecular weight excluding hydrogens is 276 g/mol. The molecule has 2 rings (SSSR count). The lowest BCUT2D eigenvalue weighted by Crippen LogP contribution is -2.29. The van der Waals surface area contributed by atoms with E-state index in [1.165, 1.54) is 0 Å². The summed E-state index contributed by atoms with van der Waals surface area (Å²) >= 11 is 5.99. The molecule has 0 aliphatic rings. The first-order valence-corrected chi connectivity index (χ1v) is 6.71. The van der Waals surface area contributed by atoms with Crippen molar-refractivity contribution in [3.63, 3.8) is 0 Å². The number of benzene rings is 2. The molecular formula is C16H17ClO3. The molecule has 0 aliphatic carbocycles. The number of hydrogen-bond donors (Lipinski definition) is 2. The highest BCUT2D eigenvalue weighted by molar-refractivity contribution is 6.31. The lowest BCUT2D eigenvalue weighted by atomic mass is 9.97. The first-order valence-electron chi connectivity index (χ1n) is 6.33. The molecule has 0 aliphatic heterocycles. The molecule has 0 spiro atoms. The molecule has 1 atom stereocenters. The van der Waals surface area contributed by atoms with Gasteiger partial charge in [0.05, 0.1) is 6.61 Å². The van der Waals surface area contributed by atoms with Crippen LogP contribution in [0, 0.1) is 0 Å². The van der Waals surface area contributed by atoms with Crippen molar-refractivity contribution in [1.29, 1.82) is 0 Å². The molecule has 4 heteroatoms. The van der Waals surface area contributed by atoms with Gasteiger partial charge in [0.1, 0.15) is 18.0 Å². The lowest BCUT2D eigenvalue weighted by Gasteiger charge is -2.24. The molecule has 2 aromatic carbocycles. The van der Waals surface area contributed by atoms with Gasteiger partial charge in [0.15, 0.2) is 0 Å². The Morgan fingerprint density at radius 2 is 1.80 bits per heavy atom. The summed E-state index contributed by atoms with van der Waals surface area (Å²) in [5.41, 5.74) is 0.182. The van der Waals surface area contributed by atoms with E-state index in [9.17, 15) is 10.2 Å². The second-order valence-electron chi connectivity index (χ2n) is 4.80. The second kappa shape index (κ2) is 6.27. The van der Waals surface area contributed by atoms with E-state index >= 15 is 0 Å². The number of rotatable bonds is 5. The third-order valence-electron chi connectivity index (χ3n) is 3.14. The van der Waals surface area contributed by atoms with Gasteiger partial charge in [-0.05, 0) is 24.6 Å². The van der Waals surface area contributed by atoms with Crippen LogP contribution >= 0.6 is 11.6 Å². The van der Waals surface area contributed by atoms with Crippen LogP contribution in [0.3, 0.4) is 0 Å². The first kappa shape index (κ1) is 14.9. The fourth-order valence-electron chi connectivity index (χ4n) is 1.93. The Labute approximate surface area is 123 Å². The van der Waals surface area contributed by atoms with E-state index in [4.69, 9.17) is 16.3 Å². The molecule has 0 aromatic heterocycles. The number of ether oxygens (including phenoxy) is 1. The molecule has 2 aromatic rings. The maximum Gasteiger partial charge on any atom is 0.126 e. The molecule has 2 N–H and O–H groups in total. The van der Waals surface area contributed by atoms with E-state index in [0.717, 1.165) is 5.56 Å². The van der Waals surface area contributed by atoms with E-state index < -0.39 is 5.60 Å². The molecule has 0 bridgehead atoms. The fourth-order valence-corrected chi connectivity index (χ4v) is 2.15. The van der Waals surface area contributed by atoms with Crippen molar-refractivity contribution in [3.8, 4) is 5.75 Å². The molecule has 3 nitrogen and oxygen atoms in total. The number of hydrogen-bond acceptors (Lipinski definition) is 3. The third-order valence-corrected chi connectivity index (χ3v) is 3.49. The molecule has 0 fully saturated rings. The van der Waals surface area contributed by atoms with Gasteiger partial charge in [-0.25, -0.2) is 0 Å². The van der Waals surface area contributed by atoms with E-state index in [1.54, 1.807) is 25.1 Å². The van der Waals surface area contributed by atoms with Crippen molar-refractivity contribution in [2.75, 3.05) is 6.61 Å². The average molecular weight is 293 g/mol. The van der Waals surface area contributed by atoms with Gasteiger partial charge in [-0.3, -0.25) is 0 Å². The van der Waals surface area contributed by atoms with Crippen LogP contribution < -0.4 is 4.74 Å². The molecule has 0 heterocycles. The predicted molar refractivity (Wildman–Crippen MR) is 78.9 cm³/mol. The van der Waals surface area contributed by atoms with Crippen LogP contribution in [-0.2, 0) is 12.2 Å². The Morgan fingerprint density at radius 3 is 2.45 bits per heavy atom. The van der Waals surface area contributed by atoms with Gasteiger partial charge in [0, 0.05) is 10.6 Å². The lowest BCUT2D eigenvalue weighted by molar-refractivity contribution is 0.00696. The van der Waals surface area contributed by atoms with Crippen LogP contribution in [0.25, 0.3) is 0 Å². The smallest absolute Gasteiger partial charge is 0.126 e. The highest BCUT2D eigenvalue weighted by Gasteiger charge is 2.24. The van der Waals surface area contributed by atoms with Gasteiger partial charge in [0.25, 0.3) is 0 Å². The fraction of sp³-hybridized carbons (Fsp3) is 0.250. The van der Waals surface area contributed by atoms with Crippen LogP contribution in [0.15, 0.2) is 48.5 Å². The summed E-state index contributed by atoms with van der Waals surface area (Å²) in [4.78, 5) is 0. The van der Waals surface area contributed by atoms with Crippen molar-refractivity contribution in [1.82, 2.24) is 0 Å². The minimum absolute atomic E-state index is 0.0738. The van der Waals surface area contributed by atoms with E-state index in [-0.39, 0.29) is 13.2 Å². The molecule has 0 saturated heterocycles. The largest absolute Gasteiger partial charge is 0.490 e. The van der Waals surface area contributed by atoms with Gasteiger partial charge >= 0.3 is 0 Å². The Balaban J connectivity index is 2.15. The molecule has 106 valence electrons. The summed E-state index contributed by atoms with van der Waals surface area (Å²) < 4.78 is 5.63. The van der Waals surface area contributed by atoms with Crippen molar-refractivity contribution in [2.24, 2.45) is 0 Å². The van der Waals surface area contributed by atoms with Crippen molar-refractivity contribution < 1.29 is 14.9 Å². The van der Waals surface area contributed by atoms with Gasteiger partial charge in [-0.2, -0.15) is 0 Å². The van der Waals surface area contributed by atoms with Gasteiger partial charge < -0.3 is 14.9 Å². The standard InChI is InChI=1S/C16H17ClO3/c1-16(19,12-6-3-2-4-7-12)11-20-15-9-5-8-14(17)13(15)10-18/h2-9,18-19H,10-11H2,1H3. The quantitative estimate of drug-likeness (QED) is 0.890. The average Bonchev–Trinajstić information content (AvgIpc) is 2.46. The molecule has 0 radical (unpaired) electrons. The predicted octanol–water partition coefficient (Wildman–Crippen LogP) is 3.12. The van der Waals surface area contributed by atoms with E-state index in [2.05, 4.69) is 0 Å². The topological polar surface area (TPSA) is 49.7 Å². The van der Waals surface area contributed by atoms with Crippen LogP contribution in [0.2, 0.25) is 5.02 Å². The van der Waals surface area contributed by atoms with Crippen molar-refractivity contribution >= 4 is 11.6 Å². The Kier molecular flexibility index (Phi) is 4.65.